The molecule has 2 atom stereocenters. The normalized spacial score (nSPS) is 17.8. The maximum absolute atomic E-state index is 13.2. The molecule has 2 rings (SSSR count). The van der Waals surface area contributed by atoms with Crippen molar-refractivity contribution in [1.29, 1.82) is 0 Å². The molecule has 1 heterocycles. The summed E-state index contributed by atoms with van der Waals surface area (Å²) < 4.78 is 33.5. The fraction of sp³-hybridized carbons (Fsp3) is 0.571. The molecule has 1 aromatic rings. The molecule has 2 unspecified atom stereocenters. The van der Waals surface area contributed by atoms with Crippen LogP contribution >= 0.6 is 0 Å². The van der Waals surface area contributed by atoms with Crippen LogP contribution in [0.4, 0.5) is 0 Å². The maximum atomic E-state index is 13.2. The van der Waals surface area contributed by atoms with Gasteiger partial charge in [-0.3, -0.25) is 14.4 Å². The lowest BCUT2D eigenvalue weighted by atomic mass is 9.84. The SMILES string of the molecule is CNC(=O)CC(NC(=O)C(CC(=O)OC)C1CCS(=O)(=O)CC1)c1ccc(OC)cc1. The van der Waals surface area contributed by atoms with Crippen molar-refractivity contribution in [2.24, 2.45) is 11.8 Å². The van der Waals surface area contributed by atoms with Crippen LogP contribution in [0.1, 0.15) is 37.3 Å². The predicted molar refractivity (Wildman–Crippen MR) is 114 cm³/mol. The molecular formula is C21H30N2O7S. The number of benzene rings is 1. The van der Waals surface area contributed by atoms with Crippen molar-refractivity contribution >= 4 is 27.6 Å². The minimum atomic E-state index is -3.11. The van der Waals surface area contributed by atoms with Crippen molar-refractivity contribution < 1.29 is 32.3 Å². The molecule has 172 valence electrons. The largest absolute Gasteiger partial charge is 0.497 e. The Kier molecular flexibility index (Phi) is 8.85. The lowest BCUT2D eigenvalue weighted by molar-refractivity contribution is -0.145. The number of nitrogens with one attached hydrogen (secondary N) is 2. The first-order valence-electron chi connectivity index (χ1n) is 10.1. The summed E-state index contributed by atoms with van der Waals surface area (Å²) in [7, 11) is 1.18. The predicted octanol–water partition coefficient (Wildman–Crippen LogP) is 0.993. The summed E-state index contributed by atoms with van der Waals surface area (Å²) in [5, 5.41) is 5.43. The van der Waals surface area contributed by atoms with Gasteiger partial charge in [-0.1, -0.05) is 12.1 Å². The Morgan fingerprint density at radius 1 is 1.06 bits per heavy atom. The lowest BCUT2D eigenvalue weighted by Gasteiger charge is -2.30. The van der Waals surface area contributed by atoms with Crippen LogP contribution in [0.5, 0.6) is 5.75 Å². The van der Waals surface area contributed by atoms with Crippen LogP contribution in [0.15, 0.2) is 24.3 Å². The molecule has 1 fully saturated rings. The number of hydrogen-bond donors (Lipinski definition) is 2. The van der Waals surface area contributed by atoms with Gasteiger partial charge < -0.3 is 20.1 Å². The zero-order chi connectivity index (χ0) is 23.0. The number of carbonyl (C=O) groups is 3. The molecule has 1 aliphatic heterocycles. The first-order valence-corrected chi connectivity index (χ1v) is 11.9. The van der Waals surface area contributed by atoms with Gasteiger partial charge >= 0.3 is 5.97 Å². The molecule has 9 nitrogen and oxygen atoms in total. The number of methoxy groups -OCH3 is 2. The van der Waals surface area contributed by atoms with Gasteiger partial charge in [0, 0.05) is 7.05 Å². The van der Waals surface area contributed by atoms with E-state index in [-0.39, 0.29) is 36.2 Å². The third-order valence-electron chi connectivity index (χ3n) is 5.62. The lowest BCUT2D eigenvalue weighted by Crippen LogP contribution is -2.42. The fourth-order valence-corrected chi connectivity index (χ4v) is 5.23. The molecule has 2 N–H and O–H groups in total. The van der Waals surface area contributed by atoms with E-state index in [1.807, 2.05) is 0 Å². The van der Waals surface area contributed by atoms with Crippen molar-refractivity contribution in [1.82, 2.24) is 10.6 Å². The minimum Gasteiger partial charge on any atom is -0.497 e. The highest BCUT2D eigenvalue weighted by atomic mass is 32.2. The molecule has 1 saturated heterocycles. The van der Waals surface area contributed by atoms with Crippen molar-refractivity contribution in [3.8, 4) is 5.75 Å². The van der Waals surface area contributed by atoms with E-state index in [4.69, 9.17) is 9.47 Å². The second kappa shape index (κ2) is 11.1. The summed E-state index contributed by atoms with van der Waals surface area (Å²) in [6, 6.07) is 6.36. The molecular weight excluding hydrogens is 424 g/mol. The van der Waals surface area contributed by atoms with E-state index in [1.54, 1.807) is 31.4 Å². The molecule has 1 aromatic carbocycles. The second-order valence-electron chi connectivity index (χ2n) is 7.59. The Bertz CT molecular complexity index is 869. The van der Waals surface area contributed by atoms with Crippen LogP contribution in [0.25, 0.3) is 0 Å². The Hall–Kier alpha value is -2.62. The summed E-state index contributed by atoms with van der Waals surface area (Å²) in [6.45, 7) is 0. The second-order valence-corrected chi connectivity index (χ2v) is 9.89. The third kappa shape index (κ3) is 7.23. The van der Waals surface area contributed by atoms with Crippen LogP contribution in [0.2, 0.25) is 0 Å². The molecule has 2 amide bonds. The number of sulfone groups is 1. The van der Waals surface area contributed by atoms with Crippen LogP contribution in [0, 0.1) is 11.8 Å². The average Bonchev–Trinajstić information content (AvgIpc) is 2.76. The molecule has 0 aromatic heterocycles. The molecule has 10 heteroatoms. The standard InChI is InChI=1S/C21H30N2O7S/c1-22-19(24)13-18(15-4-6-16(29-2)7-5-15)23-21(26)17(12-20(25)30-3)14-8-10-31(27,28)11-9-14/h4-7,14,17-18H,8-13H2,1-3H3,(H,22,24)(H,23,26). The molecule has 0 radical (unpaired) electrons. The molecule has 0 bridgehead atoms. The molecule has 0 saturated carbocycles. The Morgan fingerprint density at radius 2 is 1.68 bits per heavy atom. The Balaban J connectivity index is 2.23. The van der Waals surface area contributed by atoms with Crippen LogP contribution in [-0.4, -0.2) is 59.0 Å². The molecule has 0 spiro atoms. The first-order chi connectivity index (χ1) is 14.7. The number of rotatable bonds is 9. The number of amides is 2. The highest BCUT2D eigenvalue weighted by Crippen LogP contribution is 2.30. The minimum absolute atomic E-state index is 0.0111. The van der Waals surface area contributed by atoms with E-state index in [0.717, 1.165) is 0 Å². The van der Waals surface area contributed by atoms with Gasteiger partial charge in [-0.05, 0) is 36.5 Å². The topological polar surface area (TPSA) is 128 Å². The molecule has 1 aliphatic rings. The van der Waals surface area contributed by atoms with Gasteiger partial charge in [-0.25, -0.2) is 8.42 Å². The summed E-state index contributed by atoms with van der Waals surface area (Å²) in [5.41, 5.74) is 0.709. The zero-order valence-electron chi connectivity index (χ0n) is 18.1. The monoisotopic (exact) mass is 454 g/mol. The molecule has 31 heavy (non-hydrogen) atoms. The van der Waals surface area contributed by atoms with Crippen LogP contribution in [0.3, 0.4) is 0 Å². The summed E-state index contributed by atoms with van der Waals surface area (Å²) in [4.78, 5) is 37.2. The highest BCUT2D eigenvalue weighted by Gasteiger charge is 2.36. The van der Waals surface area contributed by atoms with E-state index in [1.165, 1.54) is 14.2 Å². The highest BCUT2D eigenvalue weighted by molar-refractivity contribution is 7.91. The van der Waals surface area contributed by atoms with Crippen molar-refractivity contribution in [2.75, 3.05) is 32.8 Å². The van der Waals surface area contributed by atoms with Gasteiger partial charge in [-0.2, -0.15) is 0 Å². The third-order valence-corrected chi connectivity index (χ3v) is 7.34. The zero-order valence-corrected chi connectivity index (χ0v) is 18.9. The van der Waals surface area contributed by atoms with E-state index in [2.05, 4.69) is 10.6 Å². The van der Waals surface area contributed by atoms with E-state index in [0.29, 0.717) is 24.2 Å². The number of esters is 1. The number of hydrogen-bond acceptors (Lipinski definition) is 7. The van der Waals surface area contributed by atoms with E-state index >= 15 is 0 Å². The van der Waals surface area contributed by atoms with Crippen molar-refractivity contribution in [3.05, 3.63) is 29.8 Å². The Morgan fingerprint density at radius 3 is 2.19 bits per heavy atom. The fourth-order valence-electron chi connectivity index (χ4n) is 3.70. The van der Waals surface area contributed by atoms with Gasteiger partial charge in [0.05, 0.1) is 50.5 Å². The van der Waals surface area contributed by atoms with Gasteiger partial charge in [-0.15, -0.1) is 0 Å². The first kappa shape index (κ1) is 24.6. The van der Waals surface area contributed by atoms with Gasteiger partial charge in [0.25, 0.3) is 0 Å². The Labute approximate surface area is 182 Å². The summed E-state index contributed by atoms with van der Waals surface area (Å²) in [6.07, 6.45) is 0.473. The van der Waals surface area contributed by atoms with Crippen LogP contribution < -0.4 is 15.4 Å². The van der Waals surface area contributed by atoms with Gasteiger partial charge in [0.1, 0.15) is 15.6 Å². The van der Waals surface area contributed by atoms with E-state index < -0.39 is 33.7 Å². The smallest absolute Gasteiger partial charge is 0.306 e. The van der Waals surface area contributed by atoms with Crippen molar-refractivity contribution in [3.63, 3.8) is 0 Å². The van der Waals surface area contributed by atoms with Gasteiger partial charge in [0.2, 0.25) is 11.8 Å². The van der Waals surface area contributed by atoms with E-state index in [9.17, 15) is 22.8 Å². The number of ether oxygens (including phenoxy) is 2. The van der Waals surface area contributed by atoms with Gasteiger partial charge in [0.15, 0.2) is 0 Å². The summed E-state index contributed by atoms with van der Waals surface area (Å²) in [5.74, 6) is -1.59. The average molecular weight is 455 g/mol. The van der Waals surface area contributed by atoms with Crippen molar-refractivity contribution in [2.45, 2.75) is 31.7 Å². The quantitative estimate of drug-likeness (QED) is 0.533. The molecule has 0 aliphatic carbocycles. The summed E-state index contributed by atoms with van der Waals surface area (Å²) >= 11 is 0. The van der Waals surface area contributed by atoms with Crippen LogP contribution in [-0.2, 0) is 29.0 Å². The number of carbonyl (C=O) groups excluding carboxylic acids is 3. The maximum Gasteiger partial charge on any atom is 0.306 e.